The SMILES string of the molecule is Cc1c(C(=O)Nc2cccc3ccccc23)oc2c1/C(=N/NS(=O)(=O)c1ccccc1)CCC2. The van der Waals surface area contributed by atoms with E-state index < -0.39 is 10.0 Å². The van der Waals surface area contributed by atoms with Crippen molar-refractivity contribution in [2.75, 3.05) is 5.32 Å². The lowest BCUT2D eigenvalue weighted by Crippen LogP contribution is -2.22. The zero-order chi connectivity index (χ0) is 23.7. The number of nitrogens with one attached hydrogen (secondary N) is 2. The van der Waals surface area contributed by atoms with E-state index in [1.165, 1.54) is 12.1 Å². The highest BCUT2D eigenvalue weighted by atomic mass is 32.2. The number of sulfonamides is 1. The van der Waals surface area contributed by atoms with Crippen molar-refractivity contribution in [2.24, 2.45) is 5.10 Å². The number of benzene rings is 3. The predicted molar refractivity (Wildman–Crippen MR) is 132 cm³/mol. The Hall–Kier alpha value is -3.91. The van der Waals surface area contributed by atoms with Crippen LogP contribution < -0.4 is 10.1 Å². The van der Waals surface area contributed by atoms with Crippen LogP contribution >= 0.6 is 0 Å². The molecule has 7 nitrogen and oxygen atoms in total. The molecule has 0 atom stereocenters. The lowest BCUT2D eigenvalue weighted by Gasteiger charge is -2.14. The van der Waals surface area contributed by atoms with Crippen LogP contribution in [0.5, 0.6) is 0 Å². The van der Waals surface area contributed by atoms with Crippen LogP contribution in [0, 0.1) is 6.92 Å². The zero-order valence-corrected chi connectivity index (χ0v) is 19.4. The molecule has 1 amide bonds. The van der Waals surface area contributed by atoms with Crippen molar-refractivity contribution in [1.29, 1.82) is 0 Å². The summed E-state index contributed by atoms with van der Waals surface area (Å²) in [4.78, 5) is 15.6. The second-order valence-electron chi connectivity index (χ2n) is 8.16. The Morgan fingerprint density at radius 2 is 1.68 bits per heavy atom. The molecule has 1 aliphatic rings. The minimum Gasteiger partial charge on any atom is -0.455 e. The standard InChI is InChI=1S/C26H23N3O4S/c1-17-24-22(28-29-34(31,32)19-11-3-2-4-12-19)15-8-16-23(24)33-25(17)26(30)27-21-14-7-10-18-9-5-6-13-20(18)21/h2-7,9-14,29H,8,15-16H2,1H3,(H,27,30)/b28-22+. The molecular weight excluding hydrogens is 450 g/mol. The van der Waals surface area contributed by atoms with Gasteiger partial charge in [-0.1, -0.05) is 54.6 Å². The smallest absolute Gasteiger partial charge is 0.291 e. The zero-order valence-electron chi connectivity index (χ0n) is 18.5. The molecule has 2 N–H and O–H groups in total. The highest BCUT2D eigenvalue weighted by Gasteiger charge is 2.28. The third-order valence-electron chi connectivity index (χ3n) is 5.92. The molecule has 0 saturated carbocycles. The first-order valence-corrected chi connectivity index (χ1v) is 12.5. The number of fused-ring (bicyclic) bond motifs is 2. The fraction of sp³-hybridized carbons (Fsp3) is 0.154. The third kappa shape index (κ3) is 4.08. The van der Waals surface area contributed by atoms with Crippen LogP contribution in [-0.4, -0.2) is 20.0 Å². The molecule has 0 aliphatic heterocycles. The molecule has 172 valence electrons. The van der Waals surface area contributed by atoms with Gasteiger partial charge in [-0.05, 0) is 43.4 Å². The first-order chi connectivity index (χ1) is 16.4. The normalized spacial score (nSPS) is 14.7. The van der Waals surface area contributed by atoms with E-state index in [2.05, 4.69) is 15.2 Å². The largest absolute Gasteiger partial charge is 0.455 e. The second kappa shape index (κ2) is 8.79. The van der Waals surface area contributed by atoms with E-state index in [0.29, 0.717) is 41.1 Å². The maximum Gasteiger partial charge on any atom is 0.291 e. The Balaban J connectivity index is 1.44. The van der Waals surface area contributed by atoms with Crippen molar-refractivity contribution in [2.45, 2.75) is 31.1 Å². The van der Waals surface area contributed by atoms with Gasteiger partial charge in [0, 0.05) is 28.6 Å². The minimum atomic E-state index is -3.79. The van der Waals surface area contributed by atoms with E-state index >= 15 is 0 Å². The predicted octanol–water partition coefficient (Wildman–Crippen LogP) is 5.01. The number of nitrogens with zero attached hydrogens (tertiary/aromatic N) is 1. The van der Waals surface area contributed by atoms with E-state index in [-0.39, 0.29) is 16.6 Å². The van der Waals surface area contributed by atoms with Crippen LogP contribution in [0.1, 0.15) is 40.3 Å². The molecule has 0 fully saturated rings. The van der Waals surface area contributed by atoms with Crippen LogP contribution in [0.15, 0.2) is 87.2 Å². The molecule has 1 heterocycles. The highest BCUT2D eigenvalue weighted by molar-refractivity contribution is 7.89. The molecule has 34 heavy (non-hydrogen) atoms. The Labute approximate surface area is 197 Å². The Morgan fingerprint density at radius 1 is 0.941 bits per heavy atom. The fourth-order valence-electron chi connectivity index (χ4n) is 4.28. The molecule has 4 aromatic rings. The summed E-state index contributed by atoms with van der Waals surface area (Å²) in [6.45, 7) is 1.80. The summed E-state index contributed by atoms with van der Waals surface area (Å²) in [5.74, 6) is 0.496. The van der Waals surface area contributed by atoms with E-state index in [1.54, 1.807) is 25.1 Å². The number of aryl methyl sites for hydroxylation is 1. The van der Waals surface area contributed by atoms with Crippen LogP contribution in [0.25, 0.3) is 10.8 Å². The van der Waals surface area contributed by atoms with Crippen molar-refractivity contribution >= 4 is 38.1 Å². The summed E-state index contributed by atoms with van der Waals surface area (Å²) in [7, 11) is -3.79. The van der Waals surface area contributed by atoms with Gasteiger partial charge < -0.3 is 9.73 Å². The molecule has 3 aromatic carbocycles. The van der Waals surface area contributed by atoms with Gasteiger partial charge in [-0.3, -0.25) is 4.79 Å². The van der Waals surface area contributed by atoms with Gasteiger partial charge in [-0.15, -0.1) is 0 Å². The molecule has 0 spiro atoms. The molecule has 5 rings (SSSR count). The maximum atomic E-state index is 13.1. The second-order valence-corrected chi connectivity index (χ2v) is 9.82. The van der Waals surface area contributed by atoms with Gasteiger partial charge in [-0.2, -0.15) is 18.4 Å². The topological polar surface area (TPSA) is 101 Å². The summed E-state index contributed by atoms with van der Waals surface area (Å²) < 4.78 is 31.1. The molecule has 0 saturated heterocycles. The van der Waals surface area contributed by atoms with Crippen molar-refractivity contribution in [3.05, 3.63) is 95.4 Å². The lowest BCUT2D eigenvalue weighted by molar-refractivity contribution is 0.0994. The van der Waals surface area contributed by atoms with Crippen molar-refractivity contribution in [3.8, 4) is 0 Å². The number of hydrazone groups is 1. The van der Waals surface area contributed by atoms with Crippen molar-refractivity contribution < 1.29 is 17.6 Å². The van der Waals surface area contributed by atoms with Crippen molar-refractivity contribution in [1.82, 2.24) is 4.83 Å². The van der Waals surface area contributed by atoms with E-state index in [1.807, 2.05) is 42.5 Å². The number of carbonyl (C=O) groups is 1. The molecular formula is C26H23N3O4S. The number of amides is 1. The number of rotatable bonds is 5. The van der Waals surface area contributed by atoms with Crippen LogP contribution in [-0.2, 0) is 16.4 Å². The van der Waals surface area contributed by atoms with Gasteiger partial charge in [-0.25, -0.2) is 0 Å². The molecule has 8 heteroatoms. The quantitative estimate of drug-likeness (QED) is 0.398. The minimum absolute atomic E-state index is 0.134. The number of hydrogen-bond acceptors (Lipinski definition) is 5. The monoisotopic (exact) mass is 473 g/mol. The maximum absolute atomic E-state index is 13.1. The number of carbonyl (C=O) groups excluding carboxylic acids is 1. The van der Waals surface area contributed by atoms with Gasteiger partial charge in [0.1, 0.15) is 5.76 Å². The van der Waals surface area contributed by atoms with Crippen LogP contribution in [0.3, 0.4) is 0 Å². The van der Waals surface area contributed by atoms with E-state index in [9.17, 15) is 13.2 Å². The van der Waals surface area contributed by atoms with Gasteiger partial charge in [0.25, 0.3) is 15.9 Å². The summed E-state index contributed by atoms with van der Waals surface area (Å²) in [6, 6.07) is 21.6. The van der Waals surface area contributed by atoms with E-state index in [4.69, 9.17) is 4.42 Å². The Morgan fingerprint density at radius 3 is 2.50 bits per heavy atom. The number of hydrogen-bond donors (Lipinski definition) is 2. The molecule has 0 unspecified atom stereocenters. The average molecular weight is 474 g/mol. The Kier molecular flexibility index (Phi) is 5.67. The first-order valence-electron chi connectivity index (χ1n) is 11.0. The van der Waals surface area contributed by atoms with Gasteiger partial charge in [0.15, 0.2) is 5.76 Å². The third-order valence-corrected chi connectivity index (χ3v) is 7.15. The molecule has 1 aliphatic carbocycles. The molecule has 1 aromatic heterocycles. The van der Waals surface area contributed by atoms with Crippen LogP contribution in [0.4, 0.5) is 5.69 Å². The molecule has 0 radical (unpaired) electrons. The van der Waals surface area contributed by atoms with Crippen molar-refractivity contribution in [3.63, 3.8) is 0 Å². The fourth-order valence-corrected chi connectivity index (χ4v) is 5.13. The number of furan rings is 1. The summed E-state index contributed by atoms with van der Waals surface area (Å²) in [6.07, 6.45) is 1.98. The van der Waals surface area contributed by atoms with Crippen LogP contribution in [0.2, 0.25) is 0 Å². The summed E-state index contributed by atoms with van der Waals surface area (Å²) in [5.41, 5.74) is 2.60. The molecule has 0 bridgehead atoms. The summed E-state index contributed by atoms with van der Waals surface area (Å²) in [5, 5.41) is 9.14. The first kappa shape index (κ1) is 21.9. The summed E-state index contributed by atoms with van der Waals surface area (Å²) >= 11 is 0. The lowest BCUT2D eigenvalue weighted by atomic mass is 9.93. The van der Waals surface area contributed by atoms with E-state index in [0.717, 1.165) is 17.2 Å². The van der Waals surface area contributed by atoms with Gasteiger partial charge >= 0.3 is 0 Å². The van der Waals surface area contributed by atoms with Gasteiger partial charge in [0.05, 0.1) is 10.6 Å². The van der Waals surface area contributed by atoms with Gasteiger partial charge in [0.2, 0.25) is 0 Å². The average Bonchev–Trinajstić information content (AvgIpc) is 3.21. The highest BCUT2D eigenvalue weighted by Crippen LogP contribution is 2.31. The Bertz CT molecular complexity index is 1520. The number of anilines is 1.